The Bertz CT molecular complexity index is 291. The minimum absolute atomic E-state index is 0.0675. The Kier molecular flexibility index (Phi) is 5.21. The Labute approximate surface area is 97.9 Å². The first-order valence-corrected chi connectivity index (χ1v) is 7.75. The summed E-state index contributed by atoms with van der Waals surface area (Å²) in [6.07, 6.45) is 2.77. The number of aliphatic hydroxyl groups is 1. The Hall–Kier alpha value is -0.130. The number of sulfone groups is 1. The van der Waals surface area contributed by atoms with Crippen molar-refractivity contribution in [2.75, 3.05) is 31.3 Å². The molecule has 0 atom stereocenters. The number of ether oxygens (including phenoxy) is 1. The van der Waals surface area contributed by atoms with Crippen LogP contribution in [-0.4, -0.2) is 44.9 Å². The fourth-order valence-corrected chi connectivity index (χ4v) is 3.65. The smallest absolute Gasteiger partial charge is 0.150 e. The van der Waals surface area contributed by atoms with E-state index < -0.39 is 9.84 Å². The molecule has 1 N–H and O–H groups in total. The highest BCUT2D eigenvalue weighted by atomic mass is 32.2. The average molecular weight is 250 g/mol. The van der Waals surface area contributed by atoms with Crippen LogP contribution in [0.25, 0.3) is 0 Å². The van der Waals surface area contributed by atoms with Crippen molar-refractivity contribution in [3.8, 4) is 0 Å². The molecule has 1 heterocycles. The molecule has 0 amide bonds. The maximum atomic E-state index is 11.6. The monoisotopic (exact) mass is 250 g/mol. The van der Waals surface area contributed by atoms with Gasteiger partial charge in [0, 0.05) is 25.6 Å². The lowest BCUT2D eigenvalue weighted by Crippen LogP contribution is -2.35. The Morgan fingerprint density at radius 3 is 2.38 bits per heavy atom. The van der Waals surface area contributed by atoms with Crippen molar-refractivity contribution in [1.82, 2.24) is 0 Å². The van der Waals surface area contributed by atoms with E-state index in [2.05, 4.69) is 0 Å². The van der Waals surface area contributed by atoms with Crippen LogP contribution in [0.5, 0.6) is 0 Å². The molecule has 16 heavy (non-hydrogen) atoms. The Morgan fingerprint density at radius 1 is 1.25 bits per heavy atom. The van der Waals surface area contributed by atoms with Crippen LogP contribution in [0.15, 0.2) is 0 Å². The molecular weight excluding hydrogens is 228 g/mol. The molecule has 4 nitrogen and oxygen atoms in total. The van der Waals surface area contributed by atoms with Gasteiger partial charge in [0.15, 0.2) is 0 Å². The molecule has 0 aromatic carbocycles. The lowest BCUT2D eigenvalue weighted by molar-refractivity contribution is -0.0175. The third kappa shape index (κ3) is 4.03. The molecule has 0 unspecified atom stereocenters. The average Bonchev–Trinajstić information content (AvgIpc) is 2.28. The van der Waals surface area contributed by atoms with Gasteiger partial charge in [0.2, 0.25) is 0 Å². The van der Waals surface area contributed by atoms with Gasteiger partial charge in [-0.3, -0.25) is 0 Å². The Morgan fingerprint density at radius 2 is 1.88 bits per heavy atom. The summed E-state index contributed by atoms with van der Waals surface area (Å²) in [4.78, 5) is 0. The molecule has 0 bridgehead atoms. The summed E-state index contributed by atoms with van der Waals surface area (Å²) in [7, 11) is -2.93. The zero-order valence-electron chi connectivity index (χ0n) is 9.94. The molecule has 0 saturated carbocycles. The van der Waals surface area contributed by atoms with E-state index in [0.717, 1.165) is 12.8 Å². The largest absolute Gasteiger partial charge is 0.396 e. The predicted octanol–water partition coefficient (Wildman–Crippen LogP) is 0.990. The molecular formula is C11H22O4S. The van der Waals surface area contributed by atoms with Gasteiger partial charge in [-0.15, -0.1) is 0 Å². The van der Waals surface area contributed by atoms with E-state index in [9.17, 15) is 13.5 Å². The van der Waals surface area contributed by atoms with Crippen LogP contribution in [0, 0.1) is 5.41 Å². The van der Waals surface area contributed by atoms with Crippen LogP contribution in [0.1, 0.15) is 32.6 Å². The normalized spacial score (nSPS) is 20.9. The molecule has 0 aliphatic carbocycles. The molecule has 1 rings (SSSR count). The maximum Gasteiger partial charge on any atom is 0.150 e. The SMILES string of the molecule is CCCS(=O)(=O)CCC1(CO)CCOCC1. The van der Waals surface area contributed by atoms with E-state index in [1.54, 1.807) is 0 Å². The highest BCUT2D eigenvalue weighted by molar-refractivity contribution is 7.91. The molecule has 1 saturated heterocycles. The Balaban J connectivity index is 2.50. The molecule has 1 aliphatic heterocycles. The zero-order chi connectivity index (χ0) is 12.1. The molecule has 0 aromatic heterocycles. The topological polar surface area (TPSA) is 63.6 Å². The summed E-state index contributed by atoms with van der Waals surface area (Å²) in [5, 5.41) is 9.42. The van der Waals surface area contributed by atoms with Crippen molar-refractivity contribution in [2.24, 2.45) is 5.41 Å². The summed E-state index contributed by atoms with van der Waals surface area (Å²) in [5.74, 6) is 0.451. The second kappa shape index (κ2) is 5.98. The fraction of sp³-hybridized carbons (Fsp3) is 1.00. The van der Waals surface area contributed by atoms with E-state index in [-0.39, 0.29) is 23.5 Å². The van der Waals surface area contributed by atoms with E-state index in [0.29, 0.717) is 26.1 Å². The van der Waals surface area contributed by atoms with E-state index >= 15 is 0 Å². The first-order valence-electron chi connectivity index (χ1n) is 5.93. The van der Waals surface area contributed by atoms with Gasteiger partial charge in [0.25, 0.3) is 0 Å². The van der Waals surface area contributed by atoms with Crippen molar-refractivity contribution >= 4 is 9.84 Å². The van der Waals surface area contributed by atoms with Crippen LogP contribution >= 0.6 is 0 Å². The minimum Gasteiger partial charge on any atom is -0.396 e. The first-order chi connectivity index (χ1) is 7.54. The van der Waals surface area contributed by atoms with Crippen molar-refractivity contribution in [3.63, 3.8) is 0 Å². The van der Waals surface area contributed by atoms with Gasteiger partial charge in [0.05, 0.1) is 5.75 Å². The highest BCUT2D eigenvalue weighted by Gasteiger charge is 2.33. The summed E-state index contributed by atoms with van der Waals surface area (Å²) >= 11 is 0. The van der Waals surface area contributed by atoms with Crippen LogP contribution in [0.2, 0.25) is 0 Å². The molecule has 0 radical (unpaired) electrons. The van der Waals surface area contributed by atoms with Gasteiger partial charge in [0.1, 0.15) is 9.84 Å². The van der Waals surface area contributed by atoms with Crippen LogP contribution in [0.3, 0.4) is 0 Å². The van der Waals surface area contributed by atoms with Crippen molar-refractivity contribution in [3.05, 3.63) is 0 Å². The molecule has 5 heteroatoms. The lowest BCUT2D eigenvalue weighted by atomic mass is 9.79. The van der Waals surface area contributed by atoms with Crippen molar-refractivity contribution < 1.29 is 18.3 Å². The van der Waals surface area contributed by atoms with E-state index in [1.807, 2.05) is 6.92 Å². The van der Waals surface area contributed by atoms with Gasteiger partial charge >= 0.3 is 0 Å². The minimum atomic E-state index is -2.93. The first kappa shape index (κ1) is 13.9. The maximum absolute atomic E-state index is 11.6. The summed E-state index contributed by atoms with van der Waals surface area (Å²) < 4.78 is 28.5. The number of aliphatic hydroxyl groups excluding tert-OH is 1. The standard InChI is InChI=1S/C11H22O4S/c1-2-8-16(13,14)9-5-11(10-12)3-6-15-7-4-11/h12H,2-10H2,1H3. The second-order valence-corrected chi connectivity index (χ2v) is 6.98. The lowest BCUT2D eigenvalue weighted by Gasteiger charge is -2.35. The predicted molar refractivity (Wildman–Crippen MR) is 63.1 cm³/mol. The summed E-state index contributed by atoms with van der Waals surface area (Å²) in [6, 6.07) is 0. The molecule has 0 spiro atoms. The number of rotatable bonds is 6. The quantitative estimate of drug-likeness (QED) is 0.763. The molecule has 0 aromatic rings. The summed E-state index contributed by atoms with van der Waals surface area (Å²) in [6.45, 7) is 3.20. The third-order valence-corrected chi connectivity index (χ3v) is 5.20. The van der Waals surface area contributed by atoms with Crippen LogP contribution < -0.4 is 0 Å². The number of hydrogen-bond acceptors (Lipinski definition) is 4. The van der Waals surface area contributed by atoms with Gasteiger partial charge in [-0.2, -0.15) is 0 Å². The van der Waals surface area contributed by atoms with Gasteiger partial charge in [-0.25, -0.2) is 8.42 Å². The van der Waals surface area contributed by atoms with Crippen LogP contribution in [0.4, 0.5) is 0 Å². The van der Waals surface area contributed by atoms with Gasteiger partial charge in [-0.05, 0) is 31.1 Å². The fourth-order valence-electron chi connectivity index (χ4n) is 2.08. The van der Waals surface area contributed by atoms with Crippen molar-refractivity contribution in [1.29, 1.82) is 0 Å². The van der Waals surface area contributed by atoms with Gasteiger partial charge < -0.3 is 9.84 Å². The van der Waals surface area contributed by atoms with Gasteiger partial charge in [-0.1, -0.05) is 6.92 Å². The second-order valence-electron chi connectivity index (χ2n) is 4.67. The summed E-state index contributed by atoms with van der Waals surface area (Å²) in [5.41, 5.74) is -0.223. The van der Waals surface area contributed by atoms with E-state index in [1.165, 1.54) is 0 Å². The molecule has 1 fully saturated rings. The molecule has 96 valence electrons. The molecule has 1 aliphatic rings. The zero-order valence-corrected chi connectivity index (χ0v) is 10.8. The van der Waals surface area contributed by atoms with Crippen molar-refractivity contribution in [2.45, 2.75) is 32.6 Å². The number of hydrogen-bond donors (Lipinski definition) is 1. The third-order valence-electron chi connectivity index (χ3n) is 3.35. The highest BCUT2D eigenvalue weighted by Crippen LogP contribution is 2.34. The van der Waals surface area contributed by atoms with Crippen LogP contribution in [-0.2, 0) is 14.6 Å². The van der Waals surface area contributed by atoms with E-state index in [4.69, 9.17) is 4.74 Å².